The summed E-state index contributed by atoms with van der Waals surface area (Å²) in [5, 5.41) is 10.8. The molecule has 3 amide bonds. The van der Waals surface area contributed by atoms with E-state index < -0.39 is 11.6 Å². The van der Waals surface area contributed by atoms with Gasteiger partial charge < -0.3 is 14.7 Å². The number of fused-ring (bicyclic) bond motifs is 1. The number of aliphatic hydroxyl groups is 1. The molecule has 2 heterocycles. The van der Waals surface area contributed by atoms with Crippen molar-refractivity contribution in [3.63, 3.8) is 0 Å². The molecule has 2 aliphatic heterocycles. The summed E-state index contributed by atoms with van der Waals surface area (Å²) in [7, 11) is 1.59. The van der Waals surface area contributed by atoms with Gasteiger partial charge in [-0.3, -0.25) is 14.6 Å². The Morgan fingerprint density at radius 1 is 1.03 bits per heavy atom. The Bertz CT molecular complexity index is 989. The number of ether oxygens (including phenoxy) is 1. The number of urea groups is 1. The molecule has 1 unspecified atom stereocenters. The summed E-state index contributed by atoms with van der Waals surface area (Å²) in [6.07, 6.45) is 0.211. The van der Waals surface area contributed by atoms with Crippen molar-refractivity contribution in [3.05, 3.63) is 65.2 Å². The van der Waals surface area contributed by atoms with Crippen LogP contribution in [0.2, 0.25) is 0 Å². The molecule has 0 radical (unpaired) electrons. The van der Waals surface area contributed by atoms with Crippen LogP contribution in [0.15, 0.2) is 48.5 Å². The number of benzene rings is 2. The van der Waals surface area contributed by atoms with Crippen LogP contribution in [-0.4, -0.2) is 70.1 Å². The predicted molar refractivity (Wildman–Crippen MR) is 121 cm³/mol. The third kappa shape index (κ3) is 4.36. The Morgan fingerprint density at radius 2 is 1.72 bits per heavy atom. The lowest BCUT2D eigenvalue weighted by atomic mass is 9.99. The normalized spacial score (nSPS) is 19.2. The Morgan fingerprint density at radius 3 is 2.41 bits per heavy atom. The number of methoxy groups -OCH3 is 1. The largest absolute Gasteiger partial charge is 0.497 e. The summed E-state index contributed by atoms with van der Waals surface area (Å²) < 4.78 is 5.17. The zero-order chi connectivity index (χ0) is 22.9. The van der Waals surface area contributed by atoms with Crippen LogP contribution in [0.1, 0.15) is 30.5 Å². The Labute approximate surface area is 189 Å². The quantitative estimate of drug-likeness (QED) is 0.675. The van der Waals surface area contributed by atoms with Crippen molar-refractivity contribution < 1.29 is 19.4 Å². The van der Waals surface area contributed by atoms with Crippen LogP contribution in [0.3, 0.4) is 0 Å². The summed E-state index contributed by atoms with van der Waals surface area (Å²) in [6.45, 7) is 5.91. The van der Waals surface area contributed by atoms with Crippen LogP contribution in [0.25, 0.3) is 0 Å². The van der Waals surface area contributed by atoms with Crippen molar-refractivity contribution in [1.82, 2.24) is 14.7 Å². The number of aliphatic hydroxyl groups excluding tert-OH is 1. The molecule has 2 aliphatic rings. The van der Waals surface area contributed by atoms with E-state index in [1.807, 2.05) is 30.3 Å². The van der Waals surface area contributed by atoms with Crippen LogP contribution in [0.5, 0.6) is 5.75 Å². The molecule has 2 aromatic rings. The highest BCUT2D eigenvalue weighted by Crippen LogP contribution is 2.30. The van der Waals surface area contributed by atoms with Crippen molar-refractivity contribution in [2.45, 2.75) is 45.0 Å². The molecular weight excluding hydrogens is 406 g/mol. The second-order valence-corrected chi connectivity index (χ2v) is 9.10. The van der Waals surface area contributed by atoms with Gasteiger partial charge in [0, 0.05) is 19.6 Å². The SMILES string of the molecule is COc1ccc(CN2C(=O)N(CC(O)CN3CCc4ccccc4C3)C(C)(C)C2=O)cc1. The lowest BCUT2D eigenvalue weighted by Crippen LogP contribution is -2.50. The molecule has 0 aliphatic carbocycles. The second kappa shape index (κ2) is 8.92. The Balaban J connectivity index is 1.40. The van der Waals surface area contributed by atoms with Gasteiger partial charge >= 0.3 is 6.03 Å². The number of nitrogens with zero attached hydrogens (tertiary/aromatic N) is 3. The van der Waals surface area contributed by atoms with Gasteiger partial charge in [-0.2, -0.15) is 0 Å². The zero-order valence-electron chi connectivity index (χ0n) is 19.0. The van der Waals surface area contributed by atoms with Gasteiger partial charge in [-0.15, -0.1) is 0 Å². The number of hydrogen-bond donors (Lipinski definition) is 1. The Kier molecular flexibility index (Phi) is 6.22. The van der Waals surface area contributed by atoms with Gasteiger partial charge in [-0.25, -0.2) is 4.79 Å². The molecule has 170 valence electrons. The molecule has 1 atom stereocenters. The van der Waals surface area contributed by atoms with Crippen molar-refractivity contribution >= 4 is 11.9 Å². The monoisotopic (exact) mass is 437 g/mol. The number of imide groups is 1. The molecule has 7 nitrogen and oxygen atoms in total. The van der Waals surface area contributed by atoms with Gasteiger partial charge in [0.2, 0.25) is 0 Å². The van der Waals surface area contributed by atoms with Gasteiger partial charge in [0.1, 0.15) is 11.3 Å². The minimum absolute atomic E-state index is 0.120. The standard InChI is InChI=1S/C25H31N3O4/c1-25(2)23(30)27(14-18-8-10-22(32-3)11-9-18)24(31)28(25)17-21(29)16-26-13-12-19-6-4-5-7-20(19)15-26/h4-11,21,29H,12-17H2,1-3H3. The number of amides is 3. The van der Waals surface area contributed by atoms with Crippen LogP contribution in [0, 0.1) is 0 Å². The fraction of sp³-hybridized carbons (Fsp3) is 0.440. The van der Waals surface area contributed by atoms with Gasteiger partial charge in [0.25, 0.3) is 5.91 Å². The van der Waals surface area contributed by atoms with Crippen molar-refractivity contribution in [3.8, 4) is 5.75 Å². The van der Waals surface area contributed by atoms with Gasteiger partial charge in [-0.05, 0) is 49.1 Å². The van der Waals surface area contributed by atoms with E-state index >= 15 is 0 Å². The number of rotatable bonds is 7. The zero-order valence-corrected chi connectivity index (χ0v) is 19.0. The molecule has 1 saturated heterocycles. The molecule has 32 heavy (non-hydrogen) atoms. The number of hydrogen-bond acceptors (Lipinski definition) is 5. The van der Waals surface area contributed by atoms with Crippen LogP contribution in [-0.2, 0) is 24.3 Å². The summed E-state index contributed by atoms with van der Waals surface area (Å²) in [4.78, 5) is 31.1. The average molecular weight is 438 g/mol. The predicted octanol–water partition coefficient (Wildman–Crippen LogP) is 2.66. The topological polar surface area (TPSA) is 73.3 Å². The lowest BCUT2D eigenvalue weighted by molar-refractivity contribution is -0.132. The number of β-amino-alcohol motifs (C(OH)–C–C–N with tert-alkyl or cyclic N) is 1. The van der Waals surface area contributed by atoms with Crippen LogP contribution >= 0.6 is 0 Å². The van der Waals surface area contributed by atoms with Crippen LogP contribution in [0.4, 0.5) is 4.79 Å². The van der Waals surface area contributed by atoms with Gasteiger partial charge in [0.15, 0.2) is 0 Å². The maximum absolute atomic E-state index is 13.1. The van der Waals surface area contributed by atoms with Crippen molar-refractivity contribution in [2.75, 3.05) is 26.7 Å². The molecule has 0 bridgehead atoms. The third-order valence-corrected chi connectivity index (χ3v) is 6.48. The number of carbonyl (C=O) groups is 2. The molecule has 0 saturated carbocycles. The highest BCUT2D eigenvalue weighted by atomic mass is 16.5. The highest BCUT2D eigenvalue weighted by Gasteiger charge is 2.51. The minimum Gasteiger partial charge on any atom is -0.497 e. The highest BCUT2D eigenvalue weighted by molar-refractivity contribution is 6.06. The maximum Gasteiger partial charge on any atom is 0.328 e. The van der Waals surface area contributed by atoms with E-state index in [2.05, 4.69) is 23.1 Å². The Hall–Kier alpha value is -2.90. The van der Waals surface area contributed by atoms with E-state index in [1.165, 1.54) is 20.9 Å². The van der Waals surface area contributed by atoms with Gasteiger partial charge in [-0.1, -0.05) is 36.4 Å². The summed E-state index contributed by atoms with van der Waals surface area (Å²) in [6, 6.07) is 15.3. The molecule has 4 rings (SSSR count). The number of carbonyl (C=O) groups excluding carboxylic acids is 2. The van der Waals surface area contributed by atoms with Crippen molar-refractivity contribution in [2.24, 2.45) is 0 Å². The molecule has 1 fully saturated rings. The first kappa shape index (κ1) is 22.3. The van der Waals surface area contributed by atoms with Crippen LogP contribution < -0.4 is 4.74 Å². The fourth-order valence-corrected chi connectivity index (χ4v) is 4.55. The summed E-state index contributed by atoms with van der Waals surface area (Å²) in [5.74, 6) is 0.468. The average Bonchev–Trinajstić information content (AvgIpc) is 2.94. The minimum atomic E-state index is -1.00. The first-order chi connectivity index (χ1) is 15.3. The molecular formula is C25H31N3O4. The third-order valence-electron chi connectivity index (χ3n) is 6.48. The first-order valence-electron chi connectivity index (χ1n) is 11.0. The first-order valence-corrected chi connectivity index (χ1v) is 11.0. The van der Waals surface area contributed by atoms with E-state index in [-0.39, 0.29) is 25.0 Å². The maximum atomic E-state index is 13.1. The smallest absolute Gasteiger partial charge is 0.328 e. The van der Waals surface area contributed by atoms with E-state index in [4.69, 9.17) is 4.74 Å². The fourth-order valence-electron chi connectivity index (χ4n) is 4.55. The molecule has 1 N–H and O–H groups in total. The van der Waals surface area contributed by atoms with E-state index in [9.17, 15) is 14.7 Å². The summed E-state index contributed by atoms with van der Waals surface area (Å²) >= 11 is 0. The summed E-state index contributed by atoms with van der Waals surface area (Å²) in [5.41, 5.74) is 2.48. The van der Waals surface area contributed by atoms with Crippen molar-refractivity contribution in [1.29, 1.82) is 0 Å². The second-order valence-electron chi connectivity index (χ2n) is 9.10. The molecule has 7 heteroatoms. The molecule has 0 aromatic heterocycles. The molecule has 0 spiro atoms. The lowest BCUT2D eigenvalue weighted by Gasteiger charge is -2.33. The van der Waals surface area contributed by atoms with Gasteiger partial charge in [0.05, 0.1) is 26.3 Å². The van der Waals surface area contributed by atoms with E-state index in [0.717, 1.165) is 30.8 Å². The molecule has 2 aromatic carbocycles. The van der Waals surface area contributed by atoms with E-state index in [1.54, 1.807) is 21.0 Å². The van der Waals surface area contributed by atoms with E-state index in [0.29, 0.717) is 6.54 Å².